The maximum atomic E-state index is 3.88. The fourth-order valence-electron chi connectivity index (χ4n) is 2.30. The summed E-state index contributed by atoms with van der Waals surface area (Å²) in [5, 5.41) is 4.17. The summed E-state index contributed by atoms with van der Waals surface area (Å²) >= 11 is -1.73. The predicted octanol–water partition coefficient (Wildman–Crippen LogP) is 5.09. The summed E-state index contributed by atoms with van der Waals surface area (Å²) in [4.78, 5) is 0. The molecule has 0 aromatic rings. The first-order valence-electron chi connectivity index (χ1n) is 7.11. The fraction of sp³-hybridized carbons (Fsp3) is 0.857. The maximum absolute atomic E-state index is 3.88. The second-order valence-corrected chi connectivity index (χ2v) is 20.2. The fourth-order valence-corrected chi connectivity index (χ4v) is 12.5. The number of hydrogen-bond donors (Lipinski definition) is 0. The van der Waals surface area contributed by atoms with Gasteiger partial charge in [-0.2, -0.15) is 0 Å². The third-order valence-electron chi connectivity index (χ3n) is 4.65. The van der Waals surface area contributed by atoms with Crippen molar-refractivity contribution in [2.75, 3.05) is 0 Å². The van der Waals surface area contributed by atoms with Gasteiger partial charge in [0.2, 0.25) is 0 Å². The zero-order chi connectivity index (χ0) is 12.7. The molecule has 0 rings (SSSR count). The Bertz CT molecular complexity index is 201. The zero-order valence-corrected chi connectivity index (χ0v) is 15.3. The molecule has 0 nitrogen and oxygen atoms in total. The van der Waals surface area contributed by atoms with Crippen molar-refractivity contribution in [1.29, 1.82) is 0 Å². The molecule has 0 saturated heterocycles. The van der Waals surface area contributed by atoms with Crippen LogP contribution in [0, 0.1) is 10.3 Å². The zero-order valence-electron chi connectivity index (χ0n) is 12.2. The van der Waals surface area contributed by atoms with Gasteiger partial charge in [0.25, 0.3) is 0 Å². The van der Waals surface area contributed by atoms with E-state index in [0.29, 0.717) is 0 Å². The molecule has 0 unspecified atom stereocenters. The van der Waals surface area contributed by atoms with E-state index in [-0.39, 0.29) is 0 Å². The van der Waals surface area contributed by atoms with Crippen LogP contribution >= 0.6 is 0 Å². The minimum absolute atomic E-state index is 1.19. The number of hydrogen-bond acceptors (Lipinski definition) is 0. The second-order valence-electron chi connectivity index (χ2n) is 4.93. The molecule has 0 aliphatic carbocycles. The molecule has 0 amide bonds. The molecular weight excluding hydrogens is 269 g/mol. The molecule has 0 aromatic carbocycles. The Labute approximate surface area is 107 Å². The van der Waals surface area contributed by atoms with Crippen LogP contribution in [0.5, 0.6) is 0 Å². The van der Waals surface area contributed by atoms with Gasteiger partial charge in [0.15, 0.2) is 0 Å². The standard InChI is InChI=1S/C14H30GeSi/c1-7-15(8-2,9-3)13-14-16(10-4,11-5)12-6/h7-12H2,1-6H3. The van der Waals surface area contributed by atoms with E-state index in [2.05, 4.69) is 51.8 Å². The van der Waals surface area contributed by atoms with Crippen LogP contribution in [-0.4, -0.2) is 21.3 Å². The first-order valence-corrected chi connectivity index (χ1v) is 15.2. The first kappa shape index (κ1) is 16.3. The molecule has 0 saturated carbocycles. The Morgan fingerprint density at radius 1 is 0.750 bits per heavy atom. The van der Waals surface area contributed by atoms with Gasteiger partial charge in [-0.1, -0.05) is 0 Å². The normalized spacial score (nSPS) is 12.1. The van der Waals surface area contributed by atoms with Crippen molar-refractivity contribution in [3.8, 4) is 10.3 Å². The Kier molecular flexibility index (Phi) is 7.76. The summed E-state index contributed by atoms with van der Waals surface area (Å²) in [6, 6.07) is 4.05. The van der Waals surface area contributed by atoms with Crippen molar-refractivity contribution in [1.82, 2.24) is 0 Å². The van der Waals surface area contributed by atoms with Gasteiger partial charge in [0.05, 0.1) is 0 Å². The van der Waals surface area contributed by atoms with E-state index < -0.39 is 21.3 Å². The van der Waals surface area contributed by atoms with E-state index in [4.69, 9.17) is 0 Å². The van der Waals surface area contributed by atoms with Crippen molar-refractivity contribution in [3.63, 3.8) is 0 Å². The van der Waals surface area contributed by atoms with Crippen molar-refractivity contribution in [3.05, 3.63) is 0 Å². The average molecular weight is 299 g/mol. The van der Waals surface area contributed by atoms with Crippen molar-refractivity contribution >= 4 is 21.3 Å². The topological polar surface area (TPSA) is 0 Å². The summed E-state index contributed by atoms with van der Waals surface area (Å²) in [7, 11) is -1.19. The van der Waals surface area contributed by atoms with E-state index in [0.717, 1.165) is 0 Å². The van der Waals surface area contributed by atoms with Crippen LogP contribution in [0.1, 0.15) is 41.5 Å². The van der Waals surface area contributed by atoms with Crippen LogP contribution in [0.3, 0.4) is 0 Å². The molecule has 0 aromatic heterocycles. The first-order chi connectivity index (χ1) is 7.57. The molecule has 0 bridgehead atoms. The van der Waals surface area contributed by atoms with Crippen LogP contribution in [0.15, 0.2) is 0 Å². The van der Waals surface area contributed by atoms with E-state index in [9.17, 15) is 0 Å². The summed E-state index contributed by atoms with van der Waals surface area (Å²) in [6.45, 7) is 14.2. The summed E-state index contributed by atoms with van der Waals surface area (Å²) in [6.07, 6.45) is 0. The molecule has 0 atom stereocenters. The summed E-state index contributed by atoms with van der Waals surface area (Å²) in [5.74, 6) is 0. The predicted molar refractivity (Wildman–Crippen MR) is 82.2 cm³/mol. The van der Waals surface area contributed by atoms with E-state index in [1.54, 1.807) is 0 Å². The van der Waals surface area contributed by atoms with Crippen LogP contribution in [0.4, 0.5) is 0 Å². The van der Waals surface area contributed by atoms with Gasteiger partial charge >= 0.3 is 107 Å². The Morgan fingerprint density at radius 3 is 1.38 bits per heavy atom. The molecule has 0 heterocycles. The molecule has 0 aliphatic rings. The number of rotatable bonds is 6. The van der Waals surface area contributed by atoms with E-state index in [1.807, 2.05) is 0 Å². The van der Waals surface area contributed by atoms with Gasteiger partial charge in [-0.3, -0.25) is 0 Å². The Hall–Kier alpha value is 0.320. The van der Waals surface area contributed by atoms with E-state index >= 15 is 0 Å². The van der Waals surface area contributed by atoms with Crippen molar-refractivity contribution in [2.45, 2.75) is 75.4 Å². The van der Waals surface area contributed by atoms with Gasteiger partial charge in [-0.25, -0.2) is 0 Å². The van der Waals surface area contributed by atoms with Crippen LogP contribution in [0.25, 0.3) is 0 Å². The third kappa shape index (κ3) is 3.96. The quantitative estimate of drug-likeness (QED) is 0.473. The third-order valence-corrected chi connectivity index (χ3v) is 19.8. The molecule has 2 heteroatoms. The molecule has 0 spiro atoms. The molecular formula is C14H30GeSi. The van der Waals surface area contributed by atoms with Gasteiger partial charge in [0.1, 0.15) is 0 Å². The SMILES string of the molecule is CC[Si](C#[C][Ge]([CH2]C)([CH2]C)[CH2]C)(CC)CC. The summed E-state index contributed by atoms with van der Waals surface area (Å²) in [5.41, 5.74) is 3.85. The molecule has 0 radical (unpaired) electrons. The molecule has 0 N–H and O–H groups in total. The average Bonchev–Trinajstić information content (AvgIpc) is 2.37. The van der Waals surface area contributed by atoms with Gasteiger partial charge in [-0.15, -0.1) is 0 Å². The van der Waals surface area contributed by atoms with Gasteiger partial charge in [-0.05, 0) is 0 Å². The van der Waals surface area contributed by atoms with Crippen molar-refractivity contribution in [2.24, 2.45) is 0 Å². The van der Waals surface area contributed by atoms with Gasteiger partial charge in [0, 0.05) is 0 Å². The Balaban J connectivity index is 5.03. The molecule has 0 aliphatic heterocycles. The second kappa shape index (κ2) is 7.61. The Morgan fingerprint density at radius 2 is 1.12 bits per heavy atom. The minimum atomic E-state index is -1.73. The van der Waals surface area contributed by atoms with Gasteiger partial charge < -0.3 is 0 Å². The van der Waals surface area contributed by atoms with Crippen LogP contribution < -0.4 is 0 Å². The van der Waals surface area contributed by atoms with E-state index in [1.165, 1.54) is 33.9 Å². The van der Waals surface area contributed by atoms with Crippen molar-refractivity contribution < 1.29 is 0 Å². The van der Waals surface area contributed by atoms with Crippen LogP contribution in [0.2, 0.25) is 33.9 Å². The molecule has 0 fully saturated rings. The van der Waals surface area contributed by atoms with Crippen LogP contribution in [-0.2, 0) is 0 Å². The molecule has 94 valence electrons. The monoisotopic (exact) mass is 300 g/mol. The summed E-state index contributed by atoms with van der Waals surface area (Å²) < 4.78 is 3.88. The molecule has 16 heavy (non-hydrogen) atoms.